The Labute approximate surface area is 300 Å². The number of ether oxygens (including phenoxy) is 2. The Kier molecular flexibility index (Phi) is 16.2. The summed E-state index contributed by atoms with van der Waals surface area (Å²) in [5, 5.41) is 24.4. The van der Waals surface area contributed by atoms with Gasteiger partial charge in [0.05, 0.1) is 30.2 Å². The summed E-state index contributed by atoms with van der Waals surface area (Å²) < 4.78 is 11.1. The van der Waals surface area contributed by atoms with Gasteiger partial charge in [0.1, 0.15) is 17.9 Å². The van der Waals surface area contributed by atoms with Crippen LogP contribution in [0.3, 0.4) is 0 Å². The van der Waals surface area contributed by atoms with Gasteiger partial charge in [-0.05, 0) is 60.9 Å². The number of carbonyl (C=O) groups excluding carboxylic acids is 3. The number of rotatable bonds is 18. The molecule has 2 rings (SSSR count). The second kappa shape index (κ2) is 19.3. The van der Waals surface area contributed by atoms with Crippen molar-refractivity contribution in [2.24, 2.45) is 22.5 Å². The van der Waals surface area contributed by atoms with E-state index < -0.39 is 47.4 Å². The fourth-order valence-electron chi connectivity index (χ4n) is 4.89. The van der Waals surface area contributed by atoms with Crippen LogP contribution in [0, 0.1) is 16.7 Å². The quantitative estimate of drug-likeness (QED) is 0.104. The summed E-state index contributed by atoms with van der Waals surface area (Å²) >= 11 is 6.20. The fraction of sp³-hybridized carbons (Fsp3) is 0.474. The first-order valence-electron chi connectivity index (χ1n) is 16.5. The van der Waals surface area contributed by atoms with Crippen LogP contribution >= 0.6 is 11.6 Å². The summed E-state index contributed by atoms with van der Waals surface area (Å²) in [5.41, 5.74) is 7.05. The van der Waals surface area contributed by atoms with Crippen molar-refractivity contribution in [3.63, 3.8) is 0 Å². The molecule has 2 amide bonds. The Hall–Kier alpha value is -4.19. The van der Waals surface area contributed by atoms with E-state index in [9.17, 15) is 24.3 Å². The average molecular weight is 714 g/mol. The molecule has 50 heavy (non-hydrogen) atoms. The maximum atomic E-state index is 13.7. The third-order valence-electron chi connectivity index (χ3n) is 7.97. The van der Waals surface area contributed by atoms with Crippen molar-refractivity contribution in [2.45, 2.75) is 85.6 Å². The molecule has 0 aromatic heterocycles. The minimum absolute atomic E-state index is 0.0459. The zero-order valence-corrected chi connectivity index (χ0v) is 30.8. The van der Waals surface area contributed by atoms with E-state index >= 15 is 0 Å². The van der Waals surface area contributed by atoms with E-state index in [2.05, 4.69) is 10.6 Å². The molecule has 0 bridgehead atoms. The fourth-order valence-corrected chi connectivity index (χ4v) is 5.17. The molecule has 2 aromatic rings. The van der Waals surface area contributed by atoms with Crippen LogP contribution in [0.2, 0.25) is 5.02 Å². The highest BCUT2D eigenvalue weighted by atomic mass is 35.5. The van der Waals surface area contributed by atoms with Gasteiger partial charge in [0, 0.05) is 25.0 Å². The molecule has 6 N–H and O–H groups in total. The van der Waals surface area contributed by atoms with Gasteiger partial charge in [0.15, 0.2) is 0 Å². The number of amides is 2. The summed E-state index contributed by atoms with van der Waals surface area (Å²) in [4.78, 5) is 51.3. The largest absolute Gasteiger partial charge is 0.495 e. The first-order valence-corrected chi connectivity index (χ1v) is 16.9. The number of aliphatic carboxylic acids is 1. The number of benzene rings is 2. The van der Waals surface area contributed by atoms with Crippen molar-refractivity contribution in [3.8, 4) is 5.75 Å². The van der Waals surface area contributed by atoms with Gasteiger partial charge in [0.2, 0.25) is 11.8 Å². The van der Waals surface area contributed by atoms with Crippen LogP contribution in [0.15, 0.2) is 60.7 Å². The van der Waals surface area contributed by atoms with Crippen molar-refractivity contribution in [2.75, 3.05) is 13.7 Å². The maximum absolute atomic E-state index is 13.7. The number of nitrogens with two attached hydrogens (primary N) is 1. The van der Waals surface area contributed by atoms with Crippen molar-refractivity contribution in [3.05, 3.63) is 82.4 Å². The third kappa shape index (κ3) is 14.3. The van der Waals surface area contributed by atoms with E-state index in [1.807, 2.05) is 52.0 Å². The molecule has 2 aromatic carbocycles. The van der Waals surface area contributed by atoms with Gasteiger partial charge in [-0.25, -0.2) is 9.59 Å². The molecule has 12 heteroatoms. The Morgan fingerprint density at radius 2 is 1.66 bits per heavy atom. The summed E-state index contributed by atoms with van der Waals surface area (Å²) in [6.45, 7) is 10.8. The summed E-state index contributed by atoms with van der Waals surface area (Å²) in [7, 11) is 1.51. The number of methoxy groups -OCH3 is 1. The number of carbonyl (C=O) groups is 4. The zero-order valence-electron chi connectivity index (χ0n) is 30.0. The molecule has 0 radical (unpaired) electrons. The van der Waals surface area contributed by atoms with Gasteiger partial charge >= 0.3 is 11.9 Å². The van der Waals surface area contributed by atoms with Crippen LogP contribution in [0.4, 0.5) is 0 Å². The lowest BCUT2D eigenvalue weighted by molar-refractivity contribution is -0.156. The van der Waals surface area contributed by atoms with Crippen LogP contribution in [0.5, 0.6) is 5.75 Å². The zero-order chi connectivity index (χ0) is 37.6. The van der Waals surface area contributed by atoms with Crippen molar-refractivity contribution in [1.82, 2.24) is 10.6 Å². The second-order valence-corrected chi connectivity index (χ2v) is 14.6. The highest BCUT2D eigenvalue weighted by Gasteiger charge is 2.36. The molecule has 0 aliphatic carbocycles. The van der Waals surface area contributed by atoms with Gasteiger partial charge in [0.25, 0.3) is 0 Å². The lowest BCUT2D eigenvalue weighted by Crippen LogP contribution is -2.53. The van der Waals surface area contributed by atoms with Crippen LogP contribution < -0.4 is 21.1 Å². The minimum Gasteiger partial charge on any atom is -0.495 e. The average Bonchev–Trinajstić information content (AvgIpc) is 3.04. The molecule has 0 heterocycles. The molecular weight excluding hydrogens is 662 g/mol. The number of nitrogens with one attached hydrogen (secondary N) is 2. The van der Waals surface area contributed by atoms with Crippen LogP contribution in [0.25, 0.3) is 6.08 Å². The topological polar surface area (TPSA) is 177 Å². The number of halogens is 1. The van der Waals surface area contributed by atoms with E-state index in [0.717, 1.165) is 22.8 Å². The Morgan fingerprint density at radius 1 is 1.02 bits per heavy atom. The number of carboxylic acids is 1. The summed E-state index contributed by atoms with van der Waals surface area (Å²) in [5.74, 6) is -2.53. The van der Waals surface area contributed by atoms with Crippen LogP contribution in [0.1, 0.15) is 71.1 Å². The third-order valence-corrected chi connectivity index (χ3v) is 8.27. The first kappa shape index (κ1) is 42.0. The van der Waals surface area contributed by atoms with E-state index in [1.54, 1.807) is 44.2 Å². The molecule has 0 saturated carbocycles. The molecule has 0 aliphatic rings. The number of carboxylic acid groups (broad SMARTS) is 1. The number of hydrogen-bond donors (Lipinski definition) is 5. The van der Waals surface area contributed by atoms with Gasteiger partial charge in [-0.3, -0.25) is 9.59 Å². The highest BCUT2D eigenvalue weighted by molar-refractivity contribution is 6.32. The Morgan fingerprint density at radius 3 is 2.22 bits per heavy atom. The van der Waals surface area contributed by atoms with E-state index in [1.165, 1.54) is 13.2 Å². The Bertz CT molecular complexity index is 1510. The summed E-state index contributed by atoms with van der Waals surface area (Å²) in [6, 6.07) is 10.5. The smallest absolute Gasteiger partial charge is 0.328 e. The lowest BCUT2D eigenvalue weighted by atomic mass is 9.86. The lowest BCUT2D eigenvalue weighted by Gasteiger charge is -2.31. The molecule has 0 saturated heterocycles. The predicted octanol–water partition coefficient (Wildman–Crippen LogP) is 5.07. The number of hydrogen-bond acceptors (Lipinski definition) is 8. The monoisotopic (exact) mass is 713 g/mol. The number of aliphatic hydroxyl groups excluding tert-OH is 1. The molecule has 0 aliphatic heterocycles. The van der Waals surface area contributed by atoms with E-state index in [4.69, 9.17) is 31.9 Å². The van der Waals surface area contributed by atoms with E-state index in [0.29, 0.717) is 10.8 Å². The van der Waals surface area contributed by atoms with Crippen molar-refractivity contribution < 1.29 is 38.9 Å². The highest BCUT2D eigenvalue weighted by Crippen LogP contribution is 2.26. The standard InChI is InChI=1S/C38H52ClN3O8/c1-24(11-12-25-13-15-26(22-43)16-14-25)31(9-8-10-33(44)45)50-35(47)30(21-37(2,3)4)42-36(48)38(5,6)23-41-34(46)29(40)20-27-17-18-32(49-7)28(39)19-27/h8,10-19,24,29-31,43H,9,20-23,40H2,1-7H3,(H,41,46)(H,42,48)(H,44,45)/b10-8+,12-11+/t24-,29-,30?,31+/m1/s1. The van der Waals surface area contributed by atoms with Crippen molar-refractivity contribution >= 4 is 41.4 Å². The number of esters is 1. The van der Waals surface area contributed by atoms with Gasteiger partial charge in [-0.1, -0.05) is 87.9 Å². The molecule has 0 fully saturated rings. The normalized spacial score (nSPS) is 14.5. The van der Waals surface area contributed by atoms with Crippen LogP contribution in [-0.2, 0) is 36.9 Å². The molecular formula is C38H52ClN3O8. The maximum Gasteiger partial charge on any atom is 0.328 e. The Balaban J connectivity index is 2.15. The van der Waals surface area contributed by atoms with Crippen molar-refractivity contribution in [1.29, 1.82) is 0 Å². The summed E-state index contributed by atoms with van der Waals surface area (Å²) in [6.07, 6.45) is 6.01. The molecule has 4 atom stereocenters. The van der Waals surface area contributed by atoms with Gasteiger partial charge < -0.3 is 36.1 Å². The van der Waals surface area contributed by atoms with Gasteiger partial charge in [-0.15, -0.1) is 0 Å². The molecule has 1 unspecified atom stereocenters. The molecule has 11 nitrogen and oxygen atoms in total. The number of aliphatic hydroxyl groups is 1. The minimum atomic E-state index is -1.12. The molecule has 0 spiro atoms. The van der Waals surface area contributed by atoms with Crippen LogP contribution in [-0.4, -0.2) is 65.8 Å². The predicted molar refractivity (Wildman–Crippen MR) is 194 cm³/mol. The second-order valence-electron chi connectivity index (χ2n) is 14.2. The first-order chi connectivity index (χ1) is 23.3. The molecule has 274 valence electrons. The van der Waals surface area contributed by atoms with E-state index in [-0.39, 0.29) is 43.7 Å². The SMILES string of the molecule is COc1ccc(C[C@@H](N)C(=O)NCC(C)(C)C(=O)NC(CC(C)(C)C)C(=O)O[C@@H](C/C=C/C(=O)O)[C@H](C)/C=C/c2ccc(CO)cc2)cc1Cl. The van der Waals surface area contributed by atoms with Gasteiger partial charge in [-0.2, -0.15) is 0 Å².